The highest BCUT2D eigenvalue weighted by atomic mass is 17.0. The van der Waals surface area contributed by atoms with Crippen molar-refractivity contribution < 1.29 is 19.4 Å². The lowest BCUT2D eigenvalue weighted by Gasteiger charge is -2.13. The Morgan fingerprint density at radius 1 is 1.43 bits per heavy atom. The van der Waals surface area contributed by atoms with Gasteiger partial charge in [-0.15, -0.1) is 16.7 Å². The molecule has 0 aromatic carbocycles. The van der Waals surface area contributed by atoms with Crippen molar-refractivity contribution >= 4 is 0 Å². The molecule has 2 rings (SSSR count). The Balaban J connectivity index is 2.00. The van der Waals surface area contributed by atoms with Crippen molar-refractivity contribution in [2.45, 2.75) is 18.3 Å². The van der Waals surface area contributed by atoms with Gasteiger partial charge in [0.2, 0.25) is 0 Å². The van der Waals surface area contributed by atoms with E-state index in [1.807, 2.05) is 0 Å². The summed E-state index contributed by atoms with van der Waals surface area (Å²) in [5, 5.41) is 9.34. The van der Waals surface area contributed by atoms with Gasteiger partial charge in [-0.3, -0.25) is 0 Å². The van der Waals surface area contributed by atoms with E-state index in [-0.39, 0.29) is 24.7 Å². The Kier molecular flexibility index (Phi) is 2.39. The highest BCUT2D eigenvalue weighted by Gasteiger charge is 2.48. The van der Waals surface area contributed by atoms with E-state index in [0.29, 0.717) is 6.61 Å². The summed E-state index contributed by atoms with van der Waals surface area (Å²) in [6, 6.07) is 0. The van der Waals surface area contributed by atoms with Crippen LogP contribution in [0, 0.1) is 16.0 Å². The third-order valence-electron chi connectivity index (χ3n) is 2.57. The standard InChI is InChI=1S/C8H11NO5/c1-2-5-3-12-8-6(14-9(10)11)4-13-7(5)8/h2,5-8H,1,3-4H2/t5?,6-,7-,8-/m1/s1. The van der Waals surface area contributed by atoms with Gasteiger partial charge in [0.1, 0.15) is 6.10 Å². The minimum atomic E-state index is -0.805. The van der Waals surface area contributed by atoms with Crippen LogP contribution in [-0.4, -0.2) is 36.6 Å². The predicted molar refractivity (Wildman–Crippen MR) is 45.0 cm³/mol. The lowest BCUT2D eigenvalue weighted by molar-refractivity contribution is -0.769. The zero-order chi connectivity index (χ0) is 10.1. The van der Waals surface area contributed by atoms with Gasteiger partial charge in [0.05, 0.1) is 19.3 Å². The van der Waals surface area contributed by atoms with E-state index in [1.165, 1.54) is 0 Å². The van der Waals surface area contributed by atoms with Crippen molar-refractivity contribution in [3.05, 3.63) is 22.8 Å². The molecule has 78 valence electrons. The molecule has 6 heteroatoms. The van der Waals surface area contributed by atoms with Crippen LogP contribution in [0.2, 0.25) is 0 Å². The molecule has 0 amide bonds. The third-order valence-corrected chi connectivity index (χ3v) is 2.57. The second-order valence-corrected chi connectivity index (χ2v) is 3.36. The maximum absolute atomic E-state index is 10.1. The van der Waals surface area contributed by atoms with Gasteiger partial charge in [-0.25, -0.2) is 0 Å². The fourth-order valence-electron chi connectivity index (χ4n) is 1.90. The molecule has 0 bridgehead atoms. The number of ether oxygens (including phenoxy) is 2. The number of fused-ring (bicyclic) bond motifs is 1. The van der Waals surface area contributed by atoms with E-state index < -0.39 is 11.2 Å². The molecule has 2 fully saturated rings. The molecule has 0 aliphatic carbocycles. The Morgan fingerprint density at radius 2 is 2.14 bits per heavy atom. The van der Waals surface area contributed by atoms with Crippen LogP contribution in [0.5, 0.6) is 0 Å². The monoisotopic (exact) mass is 201 g/mol. The average Bonchev–Trinajstić information content (AvgIpc) is 2.67. The first-order valence-electron chi connectivity index (χ1n) is 4.39. The second kappa shape index (κ2) is 3.55. The molecule has 14 heavy (non-hydrogen) atoms. The molecular formula is C8H11NO5. The smallest absolute Gasteiger partial charge is 0.294 e. The molecule has 2 aliphatic heterocycles. The van der Waals surface area contributed by atoms with Crippen LogP contribution in [0.4, 0.5) is 0 Å². The predicted octanol–water partition coefficient (Wildman–Crippen LogP) is 0.163. The minimum absolute atomic E-state index is 0.111. The summed E-state index contributed by atoms with van der Waals surface area (Å²) in [5.41, 5.74) is 0. The SMILES string of the molecule is C=CC1CO[C@H]2[C@@H]1OC[C@H]2O[N+](=O)[O-]. The lowest BCUT2D eigenvalue weighted by Crippen LogP contribution is -2.32. The zero-order valence-electron chi connectivity index (χ0n) is 7.50. The van der Waals surface area contributed by atoms with Crippen LogP contribution < -0.4 is 0 Å². The molecule has 0 aromatic rings. The maximum atomic E-state index is 10.1. The van der Waals surface area contributed by atoms with Crippen LogP contribution in [0.25, 0.3) is 0 Å². The van der Waals surface area contributed by atoms with E-state index in [4.69, 9.17) is 9.47 Å². The Bertz CT molecular complexity index is 256. The van der Waals surface area contributed by atoms with Gasteiger partial charge in [0.15, 0.2) is 6.10 Å². The normalized spacial score (nSPS) is 40.6. The number of rotatable bonds is 3. The van der Waals surface area contributed by atoms with Crippen molar-refractivity contribution in [1.82, 2.24) is 0 Å². The first kappa shape index (κ1) is 9.42. The highest BCUT2D eigenvalue weighted by molar-refractivity contribution is 5.00. The molecule has 0 radical (unpaired) electrons. The summed E-state index contributed by atoms with van der Waals surface area (Å²) in [4.78, 5) is 14.6. The van der Waals surface area contributed by atoms with Gasteiger partial charge in [-0.1, -0.05) is 6.08 Å². The molecule has 1 unspecified atom stereocenters. The molecule has 0 N–H and O–H groups in total. The van der Waals surface area contributed by atoms with E-state index in [2.05, 4.69) is 11.4 Å². The molecule has 2 saturated heterocycles. The largest absolute Gasteiger partial charge is 0.372 e. The van der Waals surface area contributed by atoms with E-state index in [1.54, 1.807) is 6.08 Å². The fraction of sp³-hybridized carbons (Fsp3) is 0.750. The quantitative estimate of drug-likeness (QED) is 0.369. The molecule has 0 aromatic heterocycles. The Labute approximate surface area is 80.5 Å². The molecule has 2 aliphatic rings. The van der Waals surface area contributed by atoms with E-state index in [0.717, 1.165) is 0 Å². The van der Waals surface area contributed by atoms with Crippen LogP contribution in [0.1, 0.15) is 0 Å². The van der Waals surface area contributed by atoms with Crippen LogP contribution >= 0.6 is 0 Å². The van der Waals surface area contributed by atoms with Gasteiger partial charge < -0.3 is 14.3 Å². The van der Waals surface area contributed by atoms with Crippen molar-refractivity contribution in [2.75, 3.05) is 13.2 Å². The molecule has 6 nitrogen and oxygen atoms in total. The van der Waals surface area contributed by atoms with Crippen molar-refractivity contribution in [3.8, 4) is 0 Å². The average molecular weight is 201 g/mol. The topological polar surface area (TPSA) is 70.8 Å². The summed E-state index contributed by atoms with van der Waals surface area (Å²) in [7, 11) is 0. The summed E-state index contributed by atoms with van der Waals surface area (Å²) < 4.78 is 10.7. The lowest BCUT2D eigenvalue weighted by atomic mass is 10.0. The third kappa shape index (κ3) is 1.46. The highest BCUT2D eigenvalue weighted by Crippen LogP contribution is 2.32. The Hall–Kier alpha value is -1.14. The molecule has 2 heterocycles. The zero-order valence-corrected chi connectivity index (χ0v) is 7.50. The minimum Gasteiger partial charge on any atom is -0.372 e. The van der Waals surface area contributed by atoms with Gasteiger partial charge in [0.25, 0.3) is 5.09 Å². The van der Waals surface area contributed by atoms with Crippen LogP contribution in [-0.2, 0) is 14.3 Å². The maximum Gasteiger partial charge on any atom is 0.294 e. The summed E-state index contributed by atoms with van der Waals surface area (Å²) >= 11 is 0. The number of hydrogen-bond acceptors (Lipinski definition) is 5. The van der Waals surface area contributed by atoms with Crippen molar-refractivity contribution in [1.29, 1.82) is 0 Å². The van der Waals surface area contributed by atoms with E-state index >= 15 is 0 Å². The van der Waals surface area contributed by atoms with Gasteiger partial charge in [0, 0.05) is 5.92 Å². The van der Waals surface area contributed by atoms with Crippen LogP contribution in [0.15, 0.2) is 12.7 Å². The summed E-state index contributed by atoms with van der Waals surface area (Å²) in [6.45, 7) is 4.36. The first-order valence-corrected chi connectivity index (χ1v) is 4.39. The summed E-state index contributed by atoms with van der Waals surface area (Å²) in [6.07, 6.45) is 0.681. The van der Waals surface area contributed by atoms with Crippen LogP contribution in [0.3, 0.4) is 0 Å². The second-order valence-electron chi connectivity index (χ2n) is 3.36. The Morgan fingerprint density at radius 3 is 2.79 bits per heavy atom. The van der Waals surface area contributed by atoms with Gasteiger partial charge >= 0.3 is 0 Å². The van der Waals surface area contributed by atoms with Crippen molar-refractivity contribution in [2.24, 2.45) is 5.92 Å². The summed E-state index contributed by atoms with van der Waals surface area (Å²) in [5.74, 6) is 0.111. The molecular weight excluding hydrogens is 190 g/mol. The molecule has 4 atom stereocenters. The first-order chi connectivity index (χ1) is 6.72. The van der Waals surface area contributed by atoms with Gasteiger partial charge in [-0.2, -0.15) is 0 Å². The van der Waals surface area contributed by atoms with Gasteiger partial charge in [-0.05, 0) is 0 Å². The number of hydrogen-bond donors (Lipinski definition) is 0. The number of nitrogens with zero attached hydrogens (tertiary/aromatic N) is 1. The van der Waals surface area contributed by atoms with Crippen molar-refractivity contribution in [3.63, 3.8) is 0 Å². The fourth-order valence-corrected chi connectivity index (χ4v) is 1.90. The molecule has 0 saturated carbocycles. The molecule has 0 spiro atoms. The van der Waals surface area contributed by atoms with E-state index in [9.17, 15) is 10.1 Å².